The lowest BCUT2D eigenvalue weighted by molar-refractivity contribution is 0.626. The number of anilines is 2. The molecule has 5 aromatic rings. The Kier molecular flexibility index (Phi) is 5.18. The van der Waals surface area contributed by atoms with Crippen molar-refractivity contribution in [3.8, 4) is 11.4 Å². The molecular weight excluding hydrogens is 425 g/mol. The van der Waals surface area contributed by atoms with Gasteiger partial charge in [0.05, 0.1) is 5.52 Å². The Labute approximate surface area is 197 Å². The summed E-state index contributed by atoms with van der Waals surface area (Å²) in [7, 11) is 0. The summed E-state index contributed by atoms with van der Waals surface area (Å²) in [6.45, 7) is 0.746. The highest BCUT2D eigenvalue weighted by Gasteiger charge is 2.25. The summed E-state index contributed by atoms with van der Waals surface area (Å²) < 4.78 is 13.9. The molecule has 0 atom stereocenters. The zero-order valence-corrected chi connectivity index (χ0v) is 18.5. The molecule has 0 aliphatic carbocycles. The minimum atomic E-state index is -0.207. The van der Waals surface area contributed by atoms with Crippen LogP contribution in [-0.4, -0.2) is 26.5 Å². The fraction of sp³-hybridized carbons (Fsp3) is 0.143. The molecule has 4 heterocycles. The van der Waals surface area contributed by atoms with Gasteiger partial charge in [0.1, 0.15) is 11.6 Å². The van der Waals surface area contributed by atoms with Crippen molar-refractivity contribution in [3.63, 3.8) is 0 Å². The second kappa shape index (κ2) is 8.63. The molecule has 5 nitrogen and oxygen atoms in total. The van der Waals surface area contributed by atoms with E-state index in [0.717, 1.165) is 65.0 Å². The van der Waals surface area contributed by atoms with Gasteiger partial charge in [0.2, 0.25) is 0 Å². The lowest BCUT2D eigenvalue weighted by atomic mass is 10.0. The molecular formula is C28H22FN5. The summed E-state index contributed by atoms with van der Waals surface area (Å²) in [5.41, 5.74) is 6.01. The number of aryl methyl sites for hydroxylation is 2. The second-order valence-corrected chi connectivity index (χ2v) is 8.46. The molecule has 0 radical (unpaired) electrons. The topological polar surface area (TPSA) is 54.8 Å². The second-order valence-electron chi connectivity index (χ2n) is 8.46. The first-order chi connectivity index (χ1) is 16.7. The summed E-state index contributed by atoms with van der Waals surface area (Å²) in [6, 6.07) is 21.2. The lowest BCUT2D eigenvalue weighted by Crippen LogP contribution is -2.16. The molecule has 0 fully saturated rings. The lowest BCUT2D eigenvalue weighted by Gasteiger charge is -2.21. The number of pyridine rings is 2. The smallest absolute Gasteiger partial charge is 0.163 e. The molecule has 0 saturated carbocycles. The average Bonchev–Trinajstić information content (AvgIpc) is 3.30. The summed E-state index contributed by atoms with van der Waals surface area (Å²) in [6.07, 6.45) is 7.86. The summed E-state index contributed by atoms with van der Waals surface area (Å²) in [4.78, 5) is 20.7. The van der Waals surface area contributed by atoms with Gasteiger partial charge < -0.3 is 4.90 Å². The van der Waals surface area contributed by atoms with Gasteiger partial charge >= 0.3 is 0 Å². The molecule has 1 aliphatic heterocycles. The number of hydrogen-bond acceptors (Lipinski definition) is 5. The first-order valence-corrected chi connectivity index (χ1v) is 11.4. The van der Waals surface area contributed by atoms with Crippen LogP contribution in [0.2, 0.25) is 0 Å². The van der Waals surface area contributed by atoms with E-state index < -0.39 is 0 Å². The largest absolute Gasteiger partial charge is 0.325 e. The Bertz CT molecular complexity index is 1470. The number of nitrogens with zero attached hydrogens (tertiary/aromatic N) is 5. The van der Waals surface area contributed by atoms with E-state index in [-0.39, 0.29) is 5.82 Å². The molecule has 2 aromatic carbocycles. The van der Waals surface area contributed by atoms with E-state index >= 15 is 0 Å². The molecule has 3 aromatic heterocycles. The fourth-order valence-corrected chi connectivity index (χ4v) is 4.55. The molecule has 166 valence electrons. The highest BCUT2D eigenvalue weighted by molar-refractivity contribution is 5.94. The number of benzene rings is 2. The van der Waals surface area contributed by atoms with Crippen LogP contribution in [0.15, 0.2) is 85.3 Å². The molecule has 0 amide bonds. The molecule has 0 bridgehead atoms. The van der Waals surface area contributed by atoms with Crippen molar-refractivity contribution in [3.05, 3.63) is 108 Å². The van der Waals surface area contributed by atoms with Crippen molar-refractivity contribution < 1.29 is 4.39 Å². The Morgan fingerprint density at radius 1 is 0.882 bits per heavy atom. The SMILES string of the molecule is Fc1ccc2c(c1)CCN2c1nc(-c2cccnc2)nc2ccc(CCc3ccccn3)cc12. The van der Waals surface area contributed by atoms with E-state index in [1.54, 1.807) is 18.5 Å². The first-order valence-electron chi connectivity index (χ1n) is 11.4. The van der Waals surface area contributed by atoms with Crippen molar-refractivity contribution >= 4 is 22.4 Å². The summed E-state index contributed by atoms with van der Waals surface area (Å²) >= 11 is 0. The van der Waals surface area contributed by atoms with Crippen LogP contribution >= 0.6 is 0 Å². The highest BCUT2D eigenvalue weighted by atomic mass is 19.1. The van der Waals surface area contributed by atoms with Crippen LogP contribution < -0.4 is 4.90 Å². The van der Waals surface area contributed by atoms with Crippen molar-refractivity contribution in [1.82, 2.24) is 19.9 Å². The van der Waals surface area contributed by atoms with E-state index in [1.807, 2.05) is 36.5 Å². The van der Waals surface area contributed by atoms with Gasteiger partial charge in [-0.05, 0) is 85.0 Å². The molecule has 1 aliphatic rings. The van der Waals surface area contributed by atoms with E-state index in [0.29, 0.717) is 5.82 Å². The third kappa shape index (κ3) is 3.88. The van der Waals surface area contributed by atoms with Gasteiger partial charge in [-0.3, -0.25) is 9.97 Å². The van der Waals surface area contributed by atoms with Crippen LogP contribution in [0.4, 0.5) is 15.9 Å². The summed E-state index contributed by atoms with van der Waals surface area (Å²) in [5, 5.41) is 0.989. The van der Waals surface area contributed by atoms with E-state index in [4.69, 9.17) is 9.97 Å². The molecule has 0 N–H and O–H groups in total. The highest BCUT2D eigenvalue weighted by Crippen LogP contribution is 2.38. The predicted molar refractivity (Wildman–Crippen MR) is 132 cm³/mol. The minimum Gasteiger partial charge on any atom is -0.325 e. The van der Waals surface area contributed by atoms with Crippen LogP contribution in [0.5, 0.6) is 0 Å². The van der Waals surface area contributed by atoms with E-state index in [1.165, 1.54) is 11.6 Å². The third-order valence-corrected chi connectivity index (χ3v) is 6.25. The number of fused-ring (bicyclic) bond motifs is 2. The van der Waals surface area contributed by atoms with Crippen molar-refractivity contribution in [1.29, 1.82) is 0 Å². The van der Waals surface area contributed by atoms with Gasteiger partial charge in [-0.25, -0.2) is 14.4 Å². The molecule has 6 heteroatoms. The van der Waals surface area contributed by atoms with Gasteiger partial charge in [0, 0.05) is 47.5 Å². The van der Waals surface area contributed by atoms with Gasteiger partial charge in [-0.15, -0.1) is 0 Å². The Balaban J connectivity index is 1.46. The van der Waals surface area contributed by atoms with Crippen molar-refractivity contribution in [2.75, 3.05) is 11.4 Å². The zero-order chi connectivity index (χ0) is 22.9. The van der Waals surface area contributed by atoms with Gasteiger partial charge in [0.25, 0.3) is 0 Å². The minimum absolute atomic E-state index is 0.207. The van der Waals surface area contributed by atoms with E-state index in [9.17, 15) is 4.39 Å². The number of rotatable bonds is 5. The van der Waals surface area contributed by atoms with Crippen LogP contribution in [0.1, 0.15) is 16.8 Å². The normalized spacial score (nSPS) is 12.8. The number of aromatic nitrogens is 4. The van der Waals surface area contributed by atoms with Crippen LogP contribution in [0, 0.1) is 5.82 Å². The fourth-order valence-electron chi connectivity index (χ4n) is 4.55. The third-order valence-electron chi connectivity index (χ3n) is 6.25. The quantitative estimate of drug-likeness (QED) is 0.346. The number of hydrogen-bond donors (Lipinski definition) is 0. The van der Waals surface area contributed by atoms with Crippen molar-refractivity contribution in [2.45, 2.75) is 19.3 Å². The predicted octanol–water partition coefficient (Wildman–Crippen LogP) is 5.71. The monoisotopic (exact) mass is 447 g/mol. The molecule has 34 heavy (non-hydrogen) atoms. The van der Waals surface area contributed by atoms with Gasteiger partial charge in [0.15, 0.2) is 5.82 Å². The van der Waals surface area contributed by atoms with Gasteiger partial charge in [-0.2, -0.15) is 0 Å². The van der Waals surface area contributed by atoms with E-state index in [2.05, 4.69) is 39.1 Å². The zero-order valence-electron chi connectivity index (χ0n) is 18.5. The van der Waals surface area contributed by atoms with Crippen LogP contribution in [-0.2, 0) is 19.3 Å². The Hall–Kier alpha value is -4.19. The van der Waals surface area contributed by atoms with Gasteiger partial charge in [-0.1, -0.05) is 12.1 Å². The van der Waals surface area contributed by atoms with Crippen LogP contribution in [0.3, 0.4) is 0 Å². The first kappa shape index (κ1) is 20.4. The van der Waals surface area contributed by atoms with Crippen LogP contribution in [0.25, 0.3) is 22.3 Å². The molecule has 0 unspecified atom stereocenters. The maximum atomic E-state index is 13.9. The standard InChI is InChI=1S/C28H22FN5/c29-22-8-11-26-20(17-22)12-15-34(26)28-24-16-19(6-9-23-5-1-2-14-31-23)7-10-25(24)32-27(33-28)21-4-3-13-30-18-21/h1-5,7-8,10-11,13-14,16-18H,6,9,12,15H2. The molecule has 6 rings (SSSR count). The molecule has 0 saturated heterocycles. The maximum absolute atomic E-state index is 13.9. The molecule has 0 spiro atoms. The average molecular weight is 448 g/mol. The Morgan fingerprint density at radius 2 is 1.85 bits per heavy atom. The maximum Gasteiger partial charge on any atom is 0.163 e. The summed E-state index contributed by atoms with van der Waals surface area (Å²) in [5.74, 6) is 1.27. The van der Waals surface area contributed by atoms with Crippen molar-refractivity contribution in [2.24, 2.45) is 0 Å². The number of halogens is 1. The Morgan fingerprint density at radius 3 is 2.71 bits per heavy atom.